The zero-order valence-electron chi connectivity index (χ0n) is 15.0. The first-order valence-corrected chi connectivity index (χ1v) is 10.3. The first-order valence-electron chi connectivity index (χ1n) is 8.45. The van der Waals surface area contributed by atoms with Gasteiger partial charge in [-0.3, -0.25) is 9.52 Å². The number of amides is 1. The summed E-state index contributed by atoms with van der Waals surface area (Å²) in [6, 6.07) is 3.44. The van der Waals surface area contributed by atoms with Gasteiger partial charge in [0.2, 0.25) is 5.91 Å². The van der Waals surface area contributed by atoms with E-state index in [0.29, 0.717) is 30.0 Å². The molecule has 10 heteroatoms. The number of carbonyl (C=O) groups excluding carboxylic acids is 1. The Bertz CT molecular complexity index is 975. The van der Waals surface area contributed by atoms with Gasteiger partial charge in [0.15, 0.2) is 5.15 Å². The monoisotopic (exact) mass is 409 g/mol. The third kappa shape index (κ3) is 4.37. The van der Waals surface area contributed by atoms with E-state index < -0.39 is 10.2 Å². The van der Waals surface area contributed by atoms with Gasteiger partial charge in [-0.1, -0.05) is 11.6 Å². The zero-order valence-corrected chi connectivity index (χ0v) is 16.6. The standard InChI is InChI=1S/C17H20ClN5O3S/c1-11-14(13-5-6-19-15(9-13)21-12(2)24)10-20-17(18)16(11)22-27(25,26)23-7-3-4-8-23/h5-6,9-10,22H,3-4,7-8H2,1-2H3,(H,19,21,24). The minimum Gasteiger partial charge on any atom is -0.311 e. The fourth-order valence-electron chi connectivity index (χ4n) is 2.95. The largest absolute Gasteiger partial charge is 0.311 e. The van der Waals surface area contributed by atoms with Crippen LogP contribution in [-0.4, -0.2) is 41.7 Å². The lowest BCUT2D eigenvalue weighted by Crippen LogP contribution is -2.33. The van der Waals surface area contributed by atoms with Crippen molar-refractivity contribution in [3.8, 4) is 11.1 Å². The summed E-state index contributed by atoms with van der Waals surface area (Å²) in [4.78, 5) is 19.5. The lowest BCUT2D eigenvalue weighted by atomic mass is 10.0. The molecule has 1 fully saturated rings. The van der Waals surface area contributed by atoms with Crippen LogP contribution in [0.15, 0.2) is 24.5 Å². The second-order valence-electron chi connectivity index (χ2n) is 6.29. The summed E-state index contributed by atoms with van der Waals surface area (Å²) in [5.74, 6) is 0.165. The molecule has 144 valence electrons. The average molecular weight is 410 g/mol. The van der Waals surface area contributed by atoms with Crippen molar-refractivity contribution < 1.29 is 13.2 Å². The number of hydrogen-bond donors (Lipinski definition) is 2. The van der Waals surface area contributed by atoms with Gasteiger partial charge >= 0.3 is 10.2 Å². The Morgan fingerprint density at radius 2 is 1.96 bits per heavy atom. The fourth-order valence-corrected chi connectivity index (χ4v) is 4.62. The molecule has 2 aromatic heterocycles. The number of nitrogens with one attached hydrogen (secondary N) is 2. The molecule has 3 heterocycles. The number of rotatable bonds is 5. The van der Waals surface area contributed by atoms with Crippen LogP contribution < -0.4 is 10.0 Å². The van der Waals surface area contributed by atoms with Crippen molar-refractivity contribution in [3.63, 3.8) is 0 Å². The van der Waals surface area contributed by atoms with E-state index in [-0.39, 0.29) is 16.7 Å². The summed E-state index contributed by atoms with van der Waals surface area (Å²) in [5.41, 5.74) is 2.31. The third-order valence-electron chi connectivity index (χ3n) is 4.30. The number of aromatic nitrogens is 2. The van der Waals surface area contributed by atoms with Crippen LogP contribution in [0.25, 0.3) is 11.1 Å². The molecule has 0 spiro atoms. The average Bonchev–Trinajstić information content (AvgIpc) is 3.14. The van der Waals surface area contributed by atoms with Gasteiger partial charge in [0.05, 0.1) is 5.69 Å². The van der Waals surface area contributed by atoms with E-state index in [4.69, 9.17) is 11.6 Å². The van der Waals surface area contributed by atoms with Gasteiger partial charge < -0.3 is 5.32 Å². The number of pyridine rings is 2. The molecule has 0 aliphatic carbocycles. The molecule has 3 rings (SSSR count). The Morgan fingerprint density at radius 1 is 1.26 bits per heavy atom. The quantitative estimate of drug-likeness (QED) is 0.739. The van der Waals surface area contributed by atoms with E-state index in [1.807, 2.05) is 0 Å². The Hall–Kier alpha value is -2.23. The first-order chi connectivity index (χ1) is 12.8. The highest BCUT2D eigenvalue weighted by molar-refractivity contribution is 7.90. The molecule has 27 heavy (non-hydrogen) atoms. The van der Waals surface area contributed by atoms with Gasteiger partial charge in [0.1, 0.15) is 5.82 Å². The summed E-state index contributed by atoms with van der Waals surface area (Å²) in [6.45, 7) is 4.14. The van der Waals surface area contributed by atoms with Crippen molar-refractivity contribution in [3.05, 3.63) is 35.2 Å². The molecule has 2 aromatic rings. The third-order valence-corrected chi connectivity index (χ3v) is 6.10. The highest BCUT2D eigenvalue weighted by Gasteiger charge is 2.27. The van der Waals surface area contributed by atoms with Gasteiger partial charge in [-0.25, -0.2) is 9.97 Å². The van der Waals surface area contributed by atoms with Crippen LogP contribution in [0.5, 0.6) is 0 Å². The van der Waals surface area contributed by atoms with Crippen LogP contribution in [0.2, 0.25) is 5.15 Å². The Kier molecular flexibility index (Phi) is 5.64. The molecule has 0 radical (unpaired) electrons. The van der Waals surface area contributed by atoms with E-state index in [1.54, 1.807) is 31.5 Å². The van der Waals surface area contributed by atoms with E-state index in [0.717, 1.165) is 18.4 Å². The maximum atomic E-state index is 12.6. The summed E-state index contributed by atoms with van der Waals surface area (Å²) in [6.07, 6.45) is 4.81. The van der Waals surface area contributed by atoms with Crippen LogP contribution in [0.4, 0.5) is 11.5 Å². The molecule has 1 amide bonds. The number of anilines is 2. The number of carbonyl (C=O) groups is 1. The van der Waals surface area contributed by atoms with Gasteiger partial charge in [0, 0.05) is 38.0 Å². The summed E-state index contributed by atoms with van der Waals surface area (Å²) in [7, 11) is -3.69. The summed E-state index contributed by atoms with van der Waals surface area (Å²) >= 11 is 6.18. The molecule has 0 bridgehead atoms. The van der Waals surface area contributed by atoms with E-state index in [9.17, 15) is 13.2 Å². The Balaban J connectivity index is 1.98. The molecule has 2 N–H and O–H groups in total. The highest BCUT2D eigenvalue weighted by atomic mass is 35.5. The molecule has 0 saturated carbocycles. The predicted molar refractivity (Wildman–Crippen MR) is 105 cm³/mol. The van der Waals surface area contributed by atoms with E-state index in [1.165, 1.54) is 11.2 Å². The maximum absolute atomic E-state index is 12.6. The van der Waals surface area contributed by atoms with Gasteiger partial charge in [-0.15, -0.1) is 0 Å². The van der Waals surface area contributed by atoms with Gasteiger partial charge in [-0.2, -0.15) is 12.7 Å². The highest BCUT2D eigenvalue weighted by Crippen LogP contribution is 2.34. The molecular weight excluding hydrogens is 390 g/mol. The maximum Gasteiger partial charge on any atom is 0.301 e. The molecule has 0 unspecified atom stereocenters. The van der Waals surface area contributed by atoms with Gasteiger partial charge in [-0.05, 0) is 43.0 Å². The first kappa shape index (κ1) is 19.5. The number of halogens is 1. The fraction of sp³-hybridized carbons (Fsp3) is 0.353. The van der Waals surface area contributed by atoms with Crippen molar-refractivity contribution in [2.75, 3.05) is 23.1 Å². The number of nitrogens with zero attached hydrogens (tertiary/aromatic N) is 3. The smallest absolute Gasteiger partial charge is 0.301 e. The normalized spacial score (nSPS) is 14.9. The second kappa shape index (κ2) is 7.79. The van der Waals surface area contributed by atoms with Crippen LogP contribution in [0.1, 0.15) is 25.3 Å². The van der Waals surface area contributed by atoms with Crippen molar-refractivity contribution >= 4 is 39.2 Å². The lowest BCUT2D eigenvalue weighted by molar-refractivity contribution is -0.114. The van der Waals surface area contributed by atoms with Crippen molar-refractivity contribution in [1.82, 2.24) is 14.3 Å². The van der Waals surface area contributed by atoms with Crippen molar-refractivity contribution in [2.45, 2.75) is 26.7 Å². The van der Waals surface area contributed by atoms with Crippen molar-refractivity contribution in [2.24, 2.45) is 0 Å². The van der Waals surface area contributed by atoms with Crippen LogP contribution in [0, 0.1) is 6.92 Å². The molecule has 8 nitrogen and oxygen atoms in total. The zero-order chi connectivity index (χ0) is 19.6. The molecule has 1 saturated heterocycles. The van der Waals surface area contributed by atoms with Crippen LogP contribution >= 0.6 is 11.6 Å². The Labute approximate surface area is 163 Å². The molecule has 0 atom stereocenters. The molecule has 1 aliphatic rings. The summed E-state index contributed by atoms with van der Waals surface area (Å²) < 4.78 is 29.2. The van der Waals surface area contributed by atoms with Crippen LogP contribution in [0.3, 0.4) is 0 Å². The van der Waals surface area contributed by atoms with Gasteiger partial charge in [0.25, 0.3) is 0 Å². The van der Waals surface area contributed by atoms with E-state index >= 15 is 0 Å². The predicted octanol–water partition coefficient (Wildman–Crippen LogP) is 2.82. The minimum absolute atomic E-state index is 0.0789. The van der Waals surface area contributed by atoms with Crippen LogP contribution in [-0.2, 0) is 15.0 Å². The second-order valence-corrected chi connectivity index (χ2v) is 8.32. The Morgan fingerprint density at radius 3 is 2.63 bits per heavy atom. The number of hydrogen-bond acceptors (Lipinski definition) is 5. The summed E-state index contributed by atoms with van der Waals surface area (Å²) in [5, 5.41) is 2.70. The topological polar surface area (TPSA) is 104 Å². The lowest BCUT2D eigenvalue weighted by Gasteiger charge is -2.19. The minimum atomic E-state index is -3.69. The SMILES string of the molecule is CC(=O)Nc1cc(-c2cnc(Cl)c(NS(=O)(=O)N3CCCC3)c2C)ccn1. The molecular formula is C17H20ClN5O3S. The molecule has 1 aliphatic heterocycles. The van der Waals surface area contributed by atoms with E-state index in [2.05, 4.69) is 20.0 Å². The van der Waals surface area contributed by atoms with Crippen molar-refractivity contribution in [1.29, 1.82) is 0 Å². The molecule has 0 aromatic carbocycles.